The molecule has 4 nitrogen and oxygen atoms in total. The van der Waals surface area contributed by atoms with E-state index in [2.05, 4.69) is 0 Å². The Labute approximate surface area is 82.3 Å². The van der Waals surface area contributed by atoms with Gasteiger partial charge in [-0.3, -0.25) is 4.79 Å². The molecule has 1 atom stereocenters. The highest BCUT2D eigenvalue weighted by Crippen LogP contribution is 2.14. The van der Waals surface area contributed by atoms with E-state index in [0.29, 0.717) is 11.6 Å². The predicted molar refractivity (Wildman–Crippen MR) is 54.0 cm³/mol. The molecule has 14 heavy (non-hydrogen) atoms. The Morgan fingerprint density at radius 2 is 2.50 bits per heavy atom. The first kappa shape index (κ1) is 9.27. The summed E-state index contributed by atoms with van der Waals surface area (Å²) in [5.41, 5.74) is 5.73. The third-order valence-corrected chi connectivity index (χ3v) is 2.50. The lowest BCUT2D eigenvalue weighted by atomic mass is 10.1. The third-order valence-electron chi connectivity index (χ3n) is 2.50. The minimum absolute atomic E-state index is 0.107. The highest BCUT2D eigenvalue weighted by molar-refractivity contribution is 5.33. The van der Waals surface area contributed by atoms with Crippen LogP contribution in [0.4, 0.5) is 5.69 Å². The normalized spacial score (nSPS) is 21.3. The molecular formula is C10H14N2O2. The zero-order chi connectivity index (χ0) is 9.97. The zero-order valence-electron chi connectivity index (χ0n) is 7.98. The van der Waals surface area contributed by atoms with Crippen LogP contribution in [-0.2, 0) is 11.3 Å². The quantitative estimate of drug-likeness (QED) is 0.744. The largest absolute Gasteiger partial charge is 0.394 e. The van der Waals surface area contributed by atoms with Gasteiger partial charge in [-0.2, -0.15) is 0 Å². The summed E-state index contributed by atoms with van der Waals surface area (Å²) >= 11 is 0. The maximum Gasteiger partial charge on any atom is 0.204 e. The van der Waals surface area contributed by atoms with Gasteiger partial charge < -0.3 is 15.0 Å². The monoisotopic (exact) mass is 194 g/mol. The van der Waals surface area contributed by atoms with Gasteiger partial charge in [-0.15, -0.1) is 0 Å². The van der Waals surface area contributed by atoms with E-state index in [1.807, 2.05) is 4.57 Å². The van der Waals surface area contributed by atoms with Crippen molar-refractivity contribution in [2.75, 3.05) is 18.9 Å². The van der Waals surface area contributed by atoms with Crippen LogP contribution >= 0.6 is 0 Å². The molecule has 76 valence electrons. The van der Waals surface area contributed by atoms with Crippen LogP contribution in [0.1, 0.15) is 6.42 Å². The lowest BCUT2D eigenvalue weighted by molar-refractivity contribution is 0.182. The zero-order valence-corrected chi connectivity index (χ0v) is 7.98. The molecule has 0 radical (unpaired) electrons. The second kappa shape index (κ2) is 3.84. The predicted octanol–water partition coefficient (Wildman–Crippen LogP) is 0.467. The fraction of sp³-hybridized carbons (Fsp3) is 0.500. The summed E-state index contributed by atoms with van der Waals surface area (Å²) < 4.78 is 7.23. The van der Waals surface area contributed by atoms with Crippen LogP contribution in [0.5, 0.6) is 0 Å². The first-order valence-electron chi connectivity index (χ1n) is 4.79. The summed E-state index contributed by atoms with van der Waals surface area (Å²) in [7, 11) is 0. The molecule has 1 aliphatic rings. The summed E-state index contributed by atoms with van der Waals surface area (Å²) in [6.45, 7) is 2.54. The van der Waals surface area contributed by atoms with E-state index in [4.69, 9.17) is 10.5 Å². The number of nitrogens with two attached hydrogens (primary N) is 1. The number of aromatic nitrogens is 1. The number of nitrogen functional groups attached to an aromatic ring is 1. The third kappa shape index (κ3) is 1.96. The topological polar surface area (TPSA) is 57.2 Å². The first-order chi connectivity index (χ1) is 6.75. The molecule has 0 spiro atoms. The van der Waals surface area contributed by atoms with Crippen molar-refractivity contribution in [3.05, 3.63) is 28.7 Å². The maximum absolute atomic E-state index is 11.0. The van der Waals surface area contributed by atoms with Crippen LogP contribution in [0.3, 0.4) is 0 Å². The van der Waals surface area contributed by atoms with Gasteiger partial charge in [0.2, 0.25) is 5.43 Å². The summed E-state index contributed by atoms with van der Waals surface area (Å²) in [6, 6.07) is 1.51. The van der Waals surface area contributed by atoms with Crippen LogP contribution < -0.4 is 11.2 Å². The van der Waals surface area contributed by atoms with Gasteiger partial charge in [-0.25, -0.2) is 0 Å². The average molecular weight is 194 g/mol. The number of anilines is 1. The highest BCUT2D eigenvalue weighted by Gasteiger charge is 2.15. The van der Waals surface area contributed by atoms with E-state index in [-0.39, 0.29) is 5.43 Å². The Hall–Kier alpha value is -1.29. The van der Waals surface area contributed by atoms with E-state index in [1.54, 1.807) is 12.4 Å². The molecule has 2 N–H and O–H groups in total. The molecule has 0 saturated carbocycles. The van der Waals surface area contributed by atoms with E-state index in [9.17, 15) is 4.79 Å². The fourth-order valence-corrected chi connectivity index (χ4v) is 1.68. The summed E-state index contributed by atoms with van der Waals surface area (Å²) in [4.78, 5) is 11.0. The smallest absolute Gasteiger partial charge is 0.204 e. The minimum Gasteiger partial charge on any atom is -0.394 e. The lowest BCUT2D eigenvalue weighted by Gasteiger charge is -2.11. The molecule has 0 bridgehead atoms. The minimum atomic E-state index is -0.107. The van der Waals surface area contributed by atoms with Crippen molar-refractivity contribution >= 4 is 5.69 Å². The van der Waals surface area contributed by atoms with Gasteiger partial charge in [0, 0.05) is 37.5 Å². The Morgan fingerprint density at radius 1 is 1.64 bits per heavy atom. The molecule has 0 aromatic carbocycles. The Kier molecular flexibility index (Phi) is 2.54. The Balaban J connectivity index is 2.09. The van der Waals surface area contributed by atoms with E-state index in [1.165, 1.54) is 6.07 Å². The van der Waals surface area contributed by atoms with Gasteiger partial charge in [0.05, 0.1) is 12.3 Å². The van der Waals surface area contributed by atoms with Gasteiger partial charge in [-0.05, 0) is 6.42 Å². The summed E-state index contributed by atoms with van der Waals surface area (Å²) in [5, 5.41) is 0. The molecule has 1 unspecified atom stereocenters. The molecule has 0 aliphatic carbocycles. The molecule has 1 aromatic heterocycles. The van der Waals surface area contributed by atoms with Crippen molar-refractivity contribution in [1.29, 1.82) is 0 Å². The van der Waals surface area contributed by atoms with Gasteiger partial charge in [0.15, 0.2) is 0 Å². The fourth-order valence-electron chi connectivity index (χ4n) is 1.68. The van der Waals surface area contributed by atoms with Crippen molar-refractivity contribution in [3.63, 3.8) is 0 Å². The number of hydrogen-bond donors (Lipinski definition) is 1. The maximum atomic E-state index is 11.0. The molecule has 1 fully saturated rings. The van der Waals surface area contributed by atoms with Crippen molar-refractivity contribution in [2.24, 2.45) is 5.92 Å². The molecule has 2 heterocycles. The van der Waals surface area contributed by atoms with Gasteiger partial charge in [0.1, 0.15) is 0 Å². The van der Waals surface area contributed by atoms with Crippen molar-refractivity contribution in [3.8, 4) is 0 Å². The van der Waals surface area contributed by atoms with Crippen LogP contribution in [-0.4, -0.2) is 17.8 Å². The second-order valence-corrected chi connectivity index (χ2v) is 3.69. The van der Waals surface area contributed by atoms with Gasteiger partial charge in [-0.1, -0.05) is 0 Å². The van der Waals surface area contributed by atoms with Crippen molar-refractivity contribution < 1.29 is 4.74 Å². The Morgan fingerprint density at radius 3 is 3.14 bits per heavy atom. The van der Waals surface area contributed by atoms with Crippen LogP contribution in [0, 0.1) is 5.92 Å². The lowest BCUT2D eigenvalue weighted by Crippen LogP contribution is -2.15. The number of hydrogen-bond acceptors (Lipinski definition) is 3. The molecule has 2 rings (SSSR count). The van der Waals surface area contributed by atoms with E-state index in [0.717, 1.165) is 26.2 Å². The van der Waals surface area contributed by atoms with E-state index < -0.39 is 0 Å². The molecule has 1 saturated heterocycles. The van der Waals surface area contributed by atoms with Crippen LogP contribution in [0.2, 0.25) is 0 Å². The SMILES string of the molecule is Nc1cn(CC2CCOC2)ccc1=O. The van der Waals surface area contributed by atoms with Gasteiger partial charge >= 0.3 is 0 Å². The van der Waals surface area contributed by atoms with Crippen molar-refractivity contribution in [2.45, 2.75) is 13.0 Å². The van der Waals surface area contributed by atoms with Crippen molar-refractivity contribution in [1.82, 2.24) is 4.57 Å². The van der Waals surface area contributed by atoms with Gasteiger partial charge in [0.25, 0.3) is 0 Å². The average Bonchev–Trinajstić information content (AvgIpc) is 2.64. The summed E-state index contributed by atoms with van der Waals surface area (Å²) in [6.07, 6.45) is 4.56. The highest BCUT2D eigenvalue weighted by atomic mass is 16.5. The van der Waals surface area contributed by atoms with Crippen LogP contribution in [0.25, 0.3) is 0 Å². The standard InChI is InChI=1S/C10H14N2O2/c11-9-6-12(3-1-10(9)13)5-8-2-4-14-7-8/h1,3,6,8H,2,4-5,7,11H2. The first-order valence-corrected chi connectivity index (χ1v) is 4.79. The number of ether oxygens (including phenoxy) is 1. The molecule has 1 aromatic rings. The van der Waals surface area contributed by atoms with Crippen LogP contribution in [0.15, 0.2) is 23.3 Å². The molecule has 1 aliphatic heterocycles. The summed E-state index contributed by atoms with van der Waals surface area (Å²) in [5.74, 6) is 0.553. The van der Waals surface area contributed by atoms with E-state index >= 15 is 0 Å². The molecular weight excluding hydrogens is 180 g/mol. The number of nitrogens with zero attached hydrogens (tertiary/aromatic N) is 1. The molecule has 4 heteroatoms. The second-order valence-electron chi connectivity index (χ2n) is 3.69. The number of pyridine rings is 1. The molecule has 0 amide bonds. The Bertz CT molecular complexity index is 367. The number of rotatable bonds is 2.